The summed E-state index contributed by atoms with van der Waals surface area (Å²) in [7, 11) is -3.88. The lowest BCUT2D eigenvalue weighted by Gasteiger charge is -2.02. The van der Waals surface area contributed by atoms with Gasteiger partial charge >= 0.3 is 0 Å². The first-order valence-electron chi connectivity index (χ1n) is 4.51. The highest BCUT2D eigenvalue weighted by Crippen LogP contribution is 2.00. The second kappa shape index (κ2) is 4.47. The Kier molecular flexibility index (Phi) is 3.02. The molecule has 0 aliphatic carbocycles. The Labute approximate surface area is 95.7 Å². The zero-order valence-corrected chi connectivity index (χ0v) is 9.27. The van der Waals surface area contributed by atoms with Crippen molar-refractivity contribution in [2.45, 2.75) is 11.4 Å². The van der Waals surface area contributed by atoms with Crippen molar-refractivity contribution in [3.63, 3.8) is 0 Å². The molecule has 2 aromatic heterocycles. The Bertz CT molecular complexity index is 646. The molecule has 2 aromatic rings. The fourth-order valence-corrected chi connectivity index (χ4v) is 2.15. The lowest BCUT2D eigenvalue weighted by molar-refractivity contribution is 0.409. The minimum atomic E-state index is -3.88. The van der Waals surface area contributed by atoms with E-state index in [-0.39, 0.29) is 17.3 Å². The maximum atomic E-state index is 11.7. The first-order chi connectivity index (χ1) is 8.09. The molecule has 0 aromatic carbocycles. The van der Waals surface area contributed by atoms with E-state index in [1.165, 1.54) is 6.20 Å². The van der Waals surface area contributed by atoms with Crippen molar-refractivity contribution < 1.29 is 12.9 Å². The summed E-state index contributed by atoms with van der Waals surface area (Å²) in [6.45, 7) is -0.146. The Hall–Kier alpha value is -2.00. The van der Waals surface area contributed by atoms with Gasteiger partial charge in [0.25, 0.3) is 0 Å². The van der Waals surface area contributed by atoms with Crippen molar-refractivity contribution in [1.82, 2.24) is 19.8 Å². The van der Waals surface area contributed by atoms with Crippen LogP contribution in [0.25, 0.3) is 0 Å². The number of nitrogens with zero attached hydrogens (tertiary/aromatic N) is 2. The summed E-state index contributed by atoms with van der Waals surface area (Å²) >= 11 is 0. The van der Waals surface area contributed by atoms with Gasteiger partial charge in [-0.1, -0.05) is 5.16 Å². The molecule has 0 unspecified atom stereocenters. The number of hydrogen-bond donors (Lipinski definition) is 2. The molecule has 0 spiro atoms. The lowest BCUT2D eigenvalue weighted by atomic mass is 10.5. The quantitative estimate of drug-likeness (QED) is 0.742. The molecule has 17 heavy (non-hydrogen) atoms. The Morgan fingerprint density at radius 3 is 2.94 bits per heavy atom. The molecular weight excluding hydrogens is 248 g/mol. The van der Waals surface area contributed by atoms with Crippen molar-refractivity contribution in [1.29, 1.82) is 0 Å². The maximum absolute atomic E-state index is 11.7. The number of nitrogens with one attached hydrogen (secondary N) is 2. The van der Waals surface area contributed by atoms with Gasteiger partial charge in [0.05, 0.1) is 6.54 Å². The van der Waals surface area contributed by atoms with Crippen LogP contribution in [-0.2, 0) is 16.6 Å². The fourth-order valence-electron chi connectivity index (χ4n) is 1.12. The molecule has 0 fully saturated rings. The molecule has 0 saturated carbocycles. The van der Waals surface area contributed by atoms with Gasteiger partial charge < -0.3 is 9.51 Å². The predicted molar refractivity (Wildman–Crippen MR) is 55.4 cm³/mol. The number of hydrogen-bond acceptors (Lipinski definition) is 6. The van der Waals surface area contributed by atoms with E-state index in [0.29, 0.717) is 0 Å². The smallest absolute Gasteiger partial charge is 0.246 e. The molecule has 2 rings (SSSR count). The van der Waals surface area contributed by atoms with E-state index in [9.17, 15) is 13.2 Å². The highest BCUT2D eigenvalue weighted by molar-refractivity contribution is 7.89. The zero-order valence-electron chi connectivity index (χ0n) is 8.45. The molecule has 9 heteroatoms. The molecule has 0 atom stereocenters. The summed E-state index contributed by atoms with van der Waals surface area (Å²) in [6, 6.07) is 1.13. The van der Waals surface area contributed by atoms with E-state index in [1.54, 1.807) is 0 Å². The van der Waals surface area contributed by atoms with Crippen molar-refractivity contribution in [2.75, 3.05) is 0 Å². The summed E-state index contributed by atoms with van der Waals surface area (Å²) < 4.78 is 30.1. The Morgan fingerprint density at radius 2 is 2.29 bits per heavy atom. The first kappa shape index (κ1) is 11.5. The minimum Gasteiger partial charge on any atom is -0.366 e. The SMILES string of the molecule is O=c1cc[nH]cc1S(=O)(=O)NCc1ncon1. The Morgan fingerprint density at radius 1 is 1.47 bits per heavy atom. The van der Waals surface area contributed by atoms with Crippen LogP contribution < -0.4 is 10.2 Å². The minimum absolute atomic E-state index is 0.146. The van der Waals surface area contributed by atoms with Gasteiger partial charge in [0.15, 0.2) is 5.82 Å². The summed E-state index contributed by atoms with van der Waals surface area (Å²) in [6.07, 6.45) is 3.54. The molecule has 0 amide bonds. The van der Waals surface area contributed by atoms with Gasteiger partial charge in [0.1, 0.15) is 4.90 Å². The highest BCUT2D eigenvalue weighted by atomic mass is 32.2. The number of aromatic amines is 1. The largest absolute Gasteiger partial charge is 0.366 e. The highest BCUT2D eigenvalue weighted by Gasteiger charge is 2.17. The van der Waals surface area contributed by atoms with E-state index >= 15 is 0 Å². The molecule has 0 bridgehead atoms. The van der Waals surface area contributed by atoms with Crippen molar-refractivity contribution in [2.24, 2.45) is 0 Å². The standard InChI is InChI=1S/C8H8N4O4S/c13-6-1-2-9-3-7(6)17(14,15)11-4-8-10-5-16-12-8/h1-3,5,11H,4H2,(H,9,13). The van der Waals surface area contributed by atoms with Gasteiger partial charge in [-0.25, -0.2) is 13.1 Å². The van der Waals surface area contributed by atoms with Gasteiger partial charge in [-0.15, -0.1) is 0 Å². The van der Waals surface area contributed by atoms with Crippen LogP contribution in [0.5, 0.6) is 0 Å². The van der Waals surface area contributed by atoms with E-state index in [0.717, 1.165) is 18.7 Å². The summed E-state index contributed by atoms with van der Waals surface area (Å²) in [5, 5.41) is 3.44. The van der Waals surface area contributed by atoms with Gasteiger partial charge in [-0.3, -0.25) is 4.79 Å². The second-order valence-electron chi connectivity index (χ2n) is 3.04. The van der Waals surface area contributed by atoms with Gasteiger partial charge in [0.2, 0.25) is 21.8 Å². The average molecular weight is 256 g/mol. The number of aromatic nitrogens is 3. The molecule has 0 saturated heterocycles. The van der Waals surface area contributed by atoms with Crippen molar-refractivity contribution in [3.8, 4) is 0 Å². The molecule has 2 N–H and O–H groups in total. The molecule has 90 valence electrons. The fraction of sp³-hybridized carbons (Fsp3) is 0.125. The van der Waals surface area contributed by atoms with Crippen LogP contribution in [0.2, 0.25) is 0 Å². The summed E-state index contributed by atoms with van der Waals surface area (Å²) in [4.78, 5) is 17.2. The molecule has 2 heterocycles. The monoisotopic (exact) mass is 256 g/mol. The van der Waals surface area contributed by atoms with Crippen LogP contribution in [0.1, 0.15) is 5.82 Å². The van der Waals surface area contributed by atoms with Gasteiger partial charge in [-0.05, 0) is 0 Å². The van der Waals surface area contributed by atoms with Crippen LogP contribution in [0.15, 0.2) is 39.1 Å². The number of pyridine rings is 1. The van der Waals surface area contributed by atoms with Crippen LogP contribution in [-0.4, -0.2) is 23.5 Å². The van der Waals surface area contributed by atoms with Gasteiger partial charge in [-0.2, -0.15) is 4.98 Å². The van der Waals surface area contributed by atoms with Crippen molar-refractivity contribution >= 4 is 10.0 Å². The van der Waals surface area contributed by atoms with Crippen LogP contribution >= 0.6 is 0 Å². The number of H-pyrrole nitrogens is 1. The average Bonchev–Trinajstić information content (AvgIpc) is 2.80. The second-order valence-corrected chi connectivity index (χ2v) is 4.78. The third kappa shape index (κ3) is 2.57. The zero-order chi connectivity index (χ0) is 12.3. The predicted octanol–water partition coefficient (Wildman–Crippen LogP) is -0.764. The van der Waals surface area contributed by atoms with E-state index in [2.05, 4.69) is 24.4 Å². The normalized spacial score (nSPS) is 11.5. The third-order valence-corrected chi connectivity index (χ3v) is 3.33. The van der Waals surface area contributed by atoms with Crippen molar-refractivity contribution in [3.05, 3.63) is 40.9 Å². The van der Waals surface area contributed by atoms with Crippen LogP contribution in [0, 0.1) is 0 Å². The number of sulfonamides is 1. The van der Waals surface area contributed by atoms with Crippen LogP contribution in [0.4, 0.5) is 0 Å². The third-order valence-electron chi connectivity index (χ3n) is 1.90. The first-order valence-corrected chi connectivity index (χ1v) is 6.00. The molecule has 0 aliphatic heterocycles. The molecule has 0 aliphatic rings. The lowest BCUT2D eigenvalue weighted by Crippen LogP contribution is -2.28. The molecule has 8 nitrogen and oxygen atoms in total. The molecule has 0 radical (unpaired) electrons. The van der Waals surface area contributed by atoms with E-state index < -0.39 is 15.5 Å². The number of rotatable bonds is 4. The summed E-state index contributed by atoms with van der Waals surface area (Å²) in [5.41, 5.74) is -0.593. The van der Waals surface area contributed by atoms with E-state index in [1.807, 2.05) is 0 Å². The molecular formula is C8H8N4O4S. The van der Waals surface area contributed by atoms with E-state index in [4.69, 9.17) is 0 Å². The summed E-state index contributed by atoms with van der Waals surface area (Å²) in [5.74, 6) is 0.181. The topological polar surface area (TPSA) is 118 Å². The Balaban J connectivity index is 2.20. The van der Waals surface area contributed by atoms with Gasteiger partial charge in [0, 0.05) is 18.5 Å². The maximum Gasteiger partial charge on any atom is 0.246 e. The van der Waals surface area contributed by atoms with Crippen LogP contribution in [0.3, 0.4) is 0 Å².